The maximum atomic E-state index is 12.2. The standard InChI is InChI=1S/C19H31NO3/c1-3-5-7-9-13-22-18-12-11-16(20)15-17(18)19(21)23-14-10-8-6-4-2/h11-12,15H,3-10,13-14,20H2,1-2H3. The first-order valence-electron chi connectivity index (χ1n) is 8.88. The summed E-state index contributed by atoms with van der Waals surface area (Å²) in [7, 11) is 0. The van der Waals surface area contributed by atoms with Crippen LogP contribution in [0.25, 0.3) is 0 Å². The molecule has 4 heteroatoms. The molecule has 0 aliphatic carbocycles. The van der Waals surface area contributed by atoms with E-state index in [4.69, 9.17) is 15.2 Å². The number of anilines is 1. The van der Waals surface area contributed by atoms with Crippen LogP contribution in [-0.4, -0.2) is 19.2 Å². The van der Waals surface area contributed by atoms with Gasteiger partial charge in [0.2, 0.25) is 0 Å². The molecule has 0 aromatic heterocycles. The Hall–Kier alpha value is -1.71. The highest BCUT2D eigenvalue weighted by Crippen LogP contribution is 2.23. The summed E-state index contributed by atoms with van der Waals surface area (Å²) in [4.78, 5) is 12.2. The number of esters is 1. The first-order valence-corrected chi connectivity index (χ1v) is 8.88. The number of nitrogen functional groups attached to an aromatic ring is 1. The second kappa shape index (κ2) is 11.8. The van der Waals surface area contributed by atoms with Crippen molar-refractivity contribution in [2.24, 2.45) is 0 Å². The van der Waals surface area contributed by atoms with E-state index >= 15 is 0 Å². The Morgan fingerprint density at radius 2 is 1.61 bits per heavy atom. The Morgan fingerprint density at radius 1 is 0.957 bits per heavy atom. The zero-order valence-corrected chi connectivity index (χ0v) is 14.6. The van der Waals surface area contributed by atoms with Gasteiger partial charge in [-0.2, -0.15) is 0 Å². The molecule has 0 heterocycles. The molecule has 23 heavy (non-hydrogen) atoms. The number of ether oxygens (including phenoxy) is 2. The van der Waals surface area contributed by atoms with E-state index < -0.39 is 0 Å². The van der Waals surface area contributed by atoms with Crippen LogP contribution in [0.5, 0.6) is 5.75 Å². The third kappa shape index (κ3) is 7.91. The van der Waals surface area contributed by atoms with Crippen molar-refractivity contribution < 1.29 is 14.3 Å². The van der Waals surface area contributed by atoms with Gasteiger partial charge in [-0.15, -0.1) is 0 Å². The van der Waals surface area contributed by atoms with E-state index in [1.54, 1.807) is 18.2 Å². The van der Waals surface area contributed by atoms with E-state index in [0.717, 1.165) is 25.7 Å². The lowest BCUT2D eigenvalue weighted by molar-refractivity contribution is 0.0493. The molecule has 0 saturated carbocycles. The first-order chi connectivity index (χ1) is 11.2. The van der Waals surface area contributed by atoms with Gasteiger partial charge in [-0.05, 0) is 31.0 Å². The normalized spacial score (nSPS) is 10.5. The van der Waals surface area contributed by atoms with Crippen LogP contribution < -0.4 is 10.5 Å². The average molecular weight is 321 g/mol. The van der Waals surface area contributed by atoms with Crippen LogP contribution in [-0.2, 0) is 4.74 Å². The van der Waals surface area contributed by atoms with Gasteiger partial charge in [-0.1, -0.05) is 52.4 Å². The van der Waals surface area contributed by atoms with Crippen LogP contribution in [0.15, 0.2) is 18.2 Å². The molecule has 1 aromatic carbocycles. The molecule has 0 radical (unpaired) electrons. The maximum Gasteiger partial charge on any atom is 0.341 e. The van der Waals surface area contributed by atoms with Crippen LogP contribution in [0.2, 0.25) is 0 Å². The average Bonchev–Trinajstić information content (AvgIpc) is 2.55. The van der Waals surface area contributed by atoms with Crippen molar-refractivity contribution in [1.82, 2.24) is 0 Å². The summed E-state index contributed by atoms with van der Waals surface area (Å²) in [5, 5.41) is 0. The number of benzene rings is 1. The maximum absolute atomic E-state index is 12.2. The molecule has 1 rings (SSSR count). The first kappa shape index (κ1) is 19.3. The summed E-state index contributed by atoms with van der Waals surface area (Å²) in [5.74, 6) is 0.214. The zero-order chi connectivity index (χ0) is 16.9. The van der Waals surface area contributed by atoms with E-state index in [-0.39, 0.29) is 5.97 Å². The predicted octanol–water partition coefficient (Wildman–Crippen LogP) is 4.97. The van der Waals surface area contributed by atoms with E-state index in [9.17, 15) is 4.79 Å². The Labute approximate surface area is 140 Å². The fourth-order valence-corrected chi connectivity index (χ4v) is 2.32. The smallest absolute Gasteiger partial charge is 0.341 e. The predicted molar refractivity (Wildman–Crippen MR) is 94.9 cm³/mol. The molecule has 0 amide bonds. The molecule has 4 nitrogen and oxygen atoms in total. The summed E-state index contributed by atoms with van der Waals surface area (Å²) in [5.41, 5.74) is 6.76. The molecule has 0 fully saturated rings. The number of carbonyl (C=O) groups is 1. The van der Waals surface area contributed by atoms with Crippen LogP contribution in [0.1, 0.15) is 75.6 Å². The fraction of sp³-hybridized carbons (Fsp3) is 0.632. The van der Waals surface area contributed by atoms with Crippen molar-refractivity contribution in [1.29, 1.82) is 0 Å². The molecule has 130 valence electrons. The quantitative estimate of drug-likeness (QED) is 0.335. The van der Waals surface area contributed by atoms with E-state index in [1.807, 2.05) is 0 Å². The SMILES string of the molecule is CCCCCCOC(=O)c1cc(N)ccc1OCCCCCC. The molecule has 0 unspecified atom stereocenters. The highest BCUT2D eigenvalue weighted by Gasteiger charge is 2.14. The van der Waals surface area contributed by atoms with Crippen LogP contribution in [0.3, 0.4) is 0 Å². The summed E-state index contributed by atoms with van der Waals surface area (Å²) < 4.78 is 11.1. The third-order valence-corrected chi connectivity index (χ3v) is 3.71. The number of hydrogen-bond acceptors (Lipinski definition) is 4. The van der Waals surface area contributed by atoms with Crippen molar-refractivity contribution in [3.8, 4) is 5.75 Å². The van der Waals surface area contributed by atoms with Gasteiger partial charge in [0.1, 0.15) is 11.3 Å². The van der Waals surface area contributed by atoms with Crippen molar-refractivity contribution >= 4 is 11.7 Å². The zero-order valence-electron chi connectivity index (χ0n) is 14.6. The minimum absolute atomic E-state index is 0.350. The highest BCUT2D eigenvalue weighted by atomic mass is 16.5. The second-order valence-electron chi connectivity index (χ2n) is 5.86. The van der Waals surface area contributed by atoms with E-state index in [1.165, 1.54) is 25.7 Å². The summed E-state index contributed by atoms with van der Waals surface area (Å²) in [6.45, 7) is 5.39. The number of hydrogen-bond donors (Lipinski definition) is 1. The number of unbranched alkanes of at least 4 members (excludes halogenated alkanes) is 6. The van der Waals surface area contributed by atoms with Crippen LogP contribution in [0, 0.1) is 0 Å². The van der Waals surface area contributed by atoms with Crippen molar-refractivity contribution in [2.75, 3.05) is 18.9 Å². The lowest BCUT2D eigenvalue weighted by Gasteiger charge is -2.12. The van der Waals surface area contributed by atoms with Crippen LogP contribution in [0.4, 0.5) is 5.69 Å². The van der Waals surface area contributed by atoms with E-state index in [2.05, 4.69) is 13.8 Å². The number of nitrogens with two attached hydrogens (primary N) is 1. The van der Waals surface area contributed by atoms with Crippen LogP contribution >= 0.6 is 0 Å². The minimum atomic E-state index is -0.350. The Kier molecular flexibility index (Phi) is 9.92. The molecule has 0 saturated heterocycles. The fourth-order valence-electron chi connectivity index (χ4n) is 2.32. The Morgan fingerprint density at radius 3 is 2.26 bits per heavy atom. The second-order valence-corrected chi connectivity index (χ2v) is 5.86. The summed E-state index contributed by atoms with van der Waals surface area (Å²) in [6, 6.07) is 5.14. The lowest BCUT2D eigenvalue weighted by Crippen LogP contribution is -2.10. The number of rotatable bonds is 12. The van der Waals surface area contributed by atoms with E-state index in [0.29, 0.717) is 30.2 Å². The van der Waals surface area contributed by atoms with Gasteiger partial charge in [0.15, 0.2) is 0 Å². The van der Waals surface area contributed by atoms with Crippen molar-refractivity contribution in [2.45, 2.75) is 65.2 Å². The van der Waals surface area contributed by atoms with Gasteiger partial charge in [0.25, 0.3) is 0 Å². The van der Waals surface area contributed by atoms with Crippen molar-refractivity contribution in [3.63, 3.8) is 0 Å². The summed E-state index contributed by atoms with van der Waals surface area (Å²) in [6.07, 6.45) is 8.85. The lowest BCUT2D eigenvalue weighted by atomic mass is 10.1. The molecule has 0 aliphatic heterocycles. The third-order valence-electron chi connectivity index (χ3n) is 3.71. The van der Waals surface area contributed by atoms with Gasteiger partial charge in [-0.3, -0.25) is 0 Å². The molecule has 0 atom stereocenters. The highest BCUT2D eigenvalue weighted by molar-refractivity contribution is 5.93. The monoisotopic (exact) mass is 321 g/mol. The van der Waals surface area contributed by atoms with Gasteiger partial charge in [-0.25, -0.2) is 4.79 Å². The minimum Gasteiger partial charge on any atom is -0.493 e. The molecule has 0 spiro atoms. The topological polar surface area (TPSA) is 61.5 Å². The molecule has 2 N–H and O–H groups in total. The molecule has 1 aromatic rings. The molecular weight excluding hydrogens is 290 g/mol. The molecule has 0 bridgehead atoms. The molecular formula is C19H31NO3. The summed E-state index contributed by atoms with van der Waals surface area (Å²) >= 11 is 0. The van der Waals surface area contributed by atoms with Crippen molar-refractivity contribution in [3.05, 3.63) is 23.8 Å². The Balaban J connectivity index is 2.50. The van der Waals surface area contributed by atoms with Gasteiger partial charge >= 0.3 is 5.97 Å². The van der Waals surface area contributed by atoms with Gasteiger partial charge in [0.05, 0.1) is 13.2 Å². The van der Waals surface area contributed by atoms with Gasteiger partial charge < -0.3 is 15.2 Å². The Bertz CT molecular complexity index is 460. The largest absolute Gasteiger partial charge is 0.493 e. The van der Waals surface area contributed by atoms with Gasteiger partial charge in [0, 0.05) is 5.69 Å². The number of carbonyl (C=O) groups excluding carboxylic acids is 1. The molecule has 0 aliphatic rings.